The lowest BCUT2D eigenvalue weighted by atomic mass is 10.1. The molecule has 1 heterocycles. The fourth-order valence-electron chi connectivity index (χ4n) is 2.44. The monoisotopic (exact) mass is 369 g/mol. The largest absolute Gasteiger partial charge is 0.497 e. The molecule has 3 rings (SSSR count). The molecule has 0 atom stereocenters. The highest BCUT2D eigenvalue weighted by Gasteiger charge is 2.13. The molecule has 7 nitrogen and oxygen atoms in total. The molecule has 0 fully saturated rings. The fraction of sp³-hybridized carbons (Fsp3) is 0.222. The van der Waals surface area contributed by atoms with Gasteiger partial charge in [-0.05, 0) is 40.6 Å². The number of rotatable bonds is 7. The zero-order valence-corrected chi connectivity index (χ0v) is 15.4. The number of amides is 1. The van der Waals surface area contributed by atoms with Gasteiger partial charge < -0.3 is 10.1 Å². The number of para-hydroxylation sites is 1. The smallest absolute Gasteiger partial charge is 0.234 e. The molecule has 0 aliphatic rings. The SMILES string of the molecule is CCc1ccccc1NC(=O)CSc1nnnn1-c1cccc(OC)c1. The lowest BCUT2D eigenvalue weighted by Crippen LogP contribution is -2.15. The predicted octanol–water partition coefficient (Wildman–Crippen LogP) is 2.96. The Hall–Kier alpha value is -2.87. The highest BCUT2D eigenvalue weighted by atomic mass is 32.2. The number of anilines is 1. The van der Waals surface area contributed by atoms with Crippen LogP contribution >= 0.6 is 11.8 Å². The van der Waals surface area contributed by atoms with E-state index in [1.807, 2.05) is 48.5 Å². The van der Waals surface area contributed by atoms with E-state index in [4.69, 9.17) is 4.74 Å². The molecule has 1 N–H and O–H groups in total. The van der Waals surface area contributed by atoms with Gasteiger partial charge in [-0.25, -0.2) is 0 Å². The van der Waals surface area contributed by atoms with Crippen molar-refractivity contribution < 1.29 is 9.53 Å². The van der Waals surface area contributed by atoms with Crippen molar-refractivity contribution in [3.8, 4) is 11.4 Å². The quantitative estimate of drug-likeness (QED) is 0.645. The Morgan fingerprint density at radius 1 is 1.23 bits per heavy atom. The van der Waals surface area contributed by atoms with Crippen LogP contribution in [0.2, 0.25) is 0 Å². The van der Waals surface area contributed by atoms with Gasteiger partial charge in [0.05, 0.1) is 18.6 Å². The van der Waals surface area contributed by atoms with Crippen LogP contribution in [-0.2, 0) is 11.2 Å². The Morgan fingerprint density at radius 2 is 2.08 bits per heavy atom. The average Bonchev–Trinajstić information content (AvgIpc) is 3.15. The third kappa shape index (κ3) is 4.20. The van der Waals surface area contributed by atoms with Gasteiger partial charge in [-0.3, -0.25) is 4.79 Å². The van der Waals surface area contributed by atoms with Crippen LogP contribution in [0, 0.1) is 0 Å². The van der Waals surface area contributed by atoms with Gasteiger partial charge in [-0.15, -0.1) is 5.10 Å². The van der Waals surface area contributed by atoms with E-state index in [1.165, 1.54) is 11.8 Å². The summed E-state index contributed by atoms with van der Waals surface area (Å²) in [4.78, 5) is 12.3. The zero-order valence-electron chi connectivity index (χ0n) is 14.5. The standard InChI is InChI=1S/C18H19N5O2S/c1-3-13-7-4-5-10-16(13)19-17(24)12-26-18-20-21-22-23(18)14-8-6-9-15(11-14)25-2/h4-11H,3,12H2,1-2H3,(H,19,24). The highest BCUT2D eigenvalue weighted by Crippen LogP contribution is 2.22. The van der Waals surface area contributed by atoms with E-state index >= 15 is 0 Å². The Balaban J connectivity index is 1.67. The molecule has 1 aromatic heterocycles. The van der Waals surface area contributed by atoms with Crippen molar-refractivity contribution in [2.24, 2.45) is 0 Å². The summed E-state index contributed by atoms with van der Waals surface area (Å²) in [5.74, 6) is 0.821. The maximum absolute atomic E-state index is 12.3. The molecule has 0 radical (unpaired) electrons. The van der Waals surface area contributed by atoms with Crippen LogP contribution in [0.25, 0.3) is 5.69 Å². The van der Waals surface area contributed by atoms with Crippen LogP contribution in [0.4, 0.5) is 5.69 Å². The molecular weight excluding hydrogens is 350 g/mol. The second-order valence-corrected chi connectivity index (χ2v) is 6.36. The van der Waals surface area contributed by atoms with Crippen LogP contribution < -0.4 is 10.1 Å². The Labute approximate surface area is 155 Å². The first kappa shape index (κ1) is 17.9. The van der Waals surface area contributed by atoms with Crippen molar-refractivity contribution in [1.29, 1.82) is 0 Å². The highest BCUT2D eigenvalue weighted by molar-refractivity contribution is 7.99. The Morgan fingerprint density at radius 3 is 2.88 bits per heavy atom. The number of carbonyl (C=O) groups excluding carboxylic acids is 1. The van der Waals surface area contributed by atoms with Crippen molar-refractivity contribution >= 4 is 23.4 Å². The number of thioether (sulfide) groups is 1. The van der Waals surface area contributed by atoms with Crippen LogP contribution in [0.5, 0.6) is 5.75 Å². The number of nitrogens with zero attached hydrogens (tertiary/aromatic N) is 4. The van der Waals surface area contributed by atoms with E-state index < -0.39 is 0 Å². The van der Waals surface area contributed by atoms with E-state index in [0.717, 1.165) is 23.4 Å². The van der Waals surface area contributed by atoms with Gasteiger partial charge in [-0.2, -0.15) is 4.68 Å². The number of aromatic nitrogens is 4. The van der Waals surface area contributed by atoms with E-state index in [2.05, 4.69) is 27.8 Å². The van der Waals surface area contributed by atoms with Crippen molar-refractivity contribution in [1.82, 2.24) is 20.2 Å². The minimum absolute atomic E-state index is 0.101. The van der Waals surface area contributed by atoms with Crippen molar-refractivity contribution in [2.75, 3.05) is 18.2 Å². The Bertz CT molecular complexity index is 897. The van der Waals surface area contributed by atoms with Crippen molar-refractivity contribution in [3.63, 3.8) is 0 Å². The fourth-order valence-corrected chi connectivity index (χ4v) is 3.13. The summed E-state index contributed by atoms with van der Waals surface area (Å²) in [5.41, 5.74) is 2.72. The average molecular weight is 369 g/mol. The minimum atomic E-state index is -0.101. The summed E-state index contributed by atoms with van der Waals surface area (Å²) in [6.07, 6.45) is 0.859. The molecule has 8 heteroatoms. The zero-order chi connectivity index (χ0) is 18.4. The van der Waals surface area contributed by atoms with Gasteiger partial charge in [0.15, 0.2) is 0 Å². The van der Waals surface area contributed by atoms with E-state index in [0.29, 0.717) is 10.9 Å². The molecule has 134 valence electrons. The number of ether oxygens (including phenoxy) is 1. The van der Waals surface area contributed by atoms with Crippen LogP contribution in [0.3, 0.4) is 0 Å². The number of methoxy groups -OCH3 is 1. The first-order valence-electron chi connectivity index (χ1n) is 8.14. The van der Waals surface area contributed by atoms with Gasteiger partial charge in [0.25, 0.3) is 0 Å². The molecule has 0 unspecified atom stereocenters. The van der Waals surface area contributed by atoms with E-state index in [-0.39, 0.29) is 11.7 Å². The third-order valence-electron chi connectivity index (χ3n) is 3.74. The number of tetrazole rings is 1. The lowest BCUT2D eigenvalue weighted by Gasteiger charge is -2.09. The Kier molecular flexibility index (Phi) is 5.85. The molecule has 0 saturated carbocycles. The molecule has 1 amide bonds. The van der Waals surface area contributed by atoms with E-state index in [9.17, 15) is 4.79 Å². The summed E-state index contributed by atoms with van der Waals surface area (Å²) in [6, 6.07) is 15.2. The summed E-state index contributed by atoms with van der Waals surface area (Å²) in [6.45, 7) is 2.06. The number of aryl methyl sites for hydroxylation is 1. The van der Waals surface area contributed by atoms with Crippen LogP contribution in [0.15, 0.2) is 53.7 Å². The number of hydrogen-bond acceptors (Lipinski definition) is 6. The molecule has 0 saturated heterocycles. The first-order valence-corrected chi connectivity index (χ1v) is 9.13. The molecular formula is C18H19N5O2S. The first-order chi connectivity index (χ1) is 12.7. The van der Waals surface area contributed by atoms with Crippen LogP contribution in [-0.4, -0.2) is 39.0 Å². The van der Waals surface area contributed by atoms with Crippen LogP contribution in [0.1, 0.15) is 12.5 Å². The summed E-state index contributed by atoms with van der Waals surface area (Å²) < 4.78 is 6.81. The van der Waals surface area contributed by atoms with Crippen molar-refractivity contribution in [3.05, 3.63) is 54.1 Å². The maximum atomic E-state index is 12.3. The third-order valence-corrected chi connectivity index (χ3v) is 4.66. The molecule has 0 aliphatic carbocycles. The van der Waals surface area contributed by atoms with Gasteiger partial charge in [0, 0.05) is 11.8 Å². The number of nitrogens with one attached hydrogen (secondary N) is 1. The topological polar surface area (TPSA) is 81.9 Å². The second kappa shape index (κ2) is 8.48. The summed E-state index contributed by atoms with van der Waals surface area (Å²) in [5, 5.41) is 15.2. The lowest BCUT2D eigenvalue weighted by molar-refractivity contribution is -0.113. The number of carbonyl (C=O) groups is 1. The maximum Gasteiger partial charge on any atom is 0.234 e. The normalized spacial score (nSPS) is 10.5. The second-order valence-electron chi connectivity index (χ2n) is 5.42. The van der Waals surface area contributed by atoms with Gasteiger partial charge >= 0.3 is 0 Å². The molecule has 3 aromatic rings. The molecule has 0 bridgehead atoms. The molecule has 26 heavy (non-hydrogen) atoms. The molecule has 0 spiro atoms. The predicted molar refractivity (Wildman–Crippen MR) is 101 cm³/mol. The van der Waals surface area contributed by atoms with Gasteiger partial charge in [0.1, 0.15) is 5.75 Å². The summed E-state index contributed by atoms with van der Waals surface area (Å²) >= 11 is 1.28. The summed E-state index contributed by atoms with van der Waals surface area (Å²) in [7, 11) is 1.60. The van der Waals surface area contributed by atoms with E-state index in [1.54, 1.807) is 11.8 Å². The molecule has 0 aliphatic heterocycles. The van der Waals surface area contributed by atoms with Crippen molar-refractivity contribution in [2.45, 2.75) is 18.5 Å². The van der Waals surface area contributed by atoms with Gasteiger partial charge in [-0.1, -0.05) is 43.0 Å². The minimum Gasteiger partial charge on any atom is -0.497 e. The number of benzene rings is 2. The number of hydrogen-bond donors (Lipinski definition) is 1. The molecule has 2 aromatic carbocycles. The van der Waals surface area contributed by atoms with Gasteiger partial charge in [0.2, 0.25) is 11.1 Å².